The van der Waals surface area contributed by atoms with Crippen LogP contribution in [-0.4, -0.2) is 36.3 Å². The smallest absolute Gasteiger partial charge is 0.265 e. The van der Waals surface area contributed by atoms with Gasteiger partial charge in [0.25, 0.3) is 11.8 Å². The van der Waals surface area contributed by atoms with Crippen molar-refractivity contribution >= 4 is 33.8 Å². The first kappa shape index (κ1) is 15.6. The van der Waals surface area contributed by atoms with Crippen molar-refractivity contribution in [2.24, 2.45) is 11.7 Å². The Hall–Kier alpha value is -1.76. The van der Waals surface area contributed by atoms with Crippen molar-refractivity contribution in [3.8, 4) is 0 Å². The van der Waals surface area contributed by atoms with Gasteiger partial charge in [-0.2, -0.15) is 0 Å². The SMILES string of the molecule is CN(C)C(=O)c1sc(NC(C)(C)C2CC2)c(C(N)=O)c1N. The highest BCUT2D eigenvalue weighted by molar-refractivity contribution is 7.19. The molecule has 116 valence electrons. The van der Waals surface area contributed by atoms with Crippen molar-refractivity contribution in [3.63, 3.8) is 0 Å². The summed E-state index contributed by atoms with van der Waals surface area (Å²) in [5.41, 5.74) is 11.7. The van der Waals surface area contributed by atoms with Crippen LogP contribution in [0.2, 0.25) is 0 Å². The normalized spacial score (nSPS) is 14.9. The molecule has 6 nitrogen and oxygen atoms in total. The van der Waals surface area contributed by atoms with Crippen LogP contribution in [0.25, 0.3) is 0 Å². The molecular weight excluding hydrogens is 288 g/mol. The van der Waals surface area contributed by atoms with Gasteiger partial charge in [-0.05, 0) is 32.6 Å². The molecule has 1 fully saturated rings. The summed E-state index contributed by atoms with van der Waals surface area (Å²) in [6.45, 7) is 4.16. The van der Waals surface area contributed by atoms with Crippen molar-refractivity contribution in [2.45, 2.75) is 32.2 Å². The van der Waals surface area contributed by atoms with E-state index in [1.54, 1.807) is 14.1 Å². The summed E-state index contributed by atoms with van der Waals surface area (Å²) >= 11 is 1.19. The first-order chi connectivity index (χ1) is 9.65. The van der Waals surface area contributed by atoms with Gasteiger partial charge in [0, 0.05) is 19.6 Å². The van der Waals surface area contributed by atoms with Gasteiger partial charge < -0.3 is 21.7 Å². The Labute approximate surface area is 128 Å². The molecule has 0 saturated heterocycles. The monoisotopic (exact) mass is 310 g/mol. The van der Waals surface area contributed by atoms with Gasteiger partial charge in [-0.1, -0.05) is 0 Å². The molecule has 1 saturated carbocycles. The van der Waals surface area contributed by atoms with Crippen LogP contribution >= 0.6 is 11.3 Å². The zero-order chi connectivity index (χ0) is 15.9. The maximum atomic E-state index is 12.1. The van der Waals surface area contributed by atoms with Gasteiger partial charge in [-0.25, -0.2) is 0 Å². The van der Waals surface area contributed by atoms with E-state index in [2.05, 4.69) is 19.2 Å². The fourth-order valence-electron chi connectivity index (χ4n) is 2.34. The van der Waals surface area contributed by atoms with E-state index in [0.29, 0.717) is 15.8 Å². The number of amides is 2. The molecule has 1 aliphatic carbocycles. The van der Waals surface area contributed by atoms with Crippen molar-refractivity contribution in [2.75, 3.05) is 25.1 Å². The van der Waals surface area contributed by atoms with Gasteiger partial charge in [-0.3, -0.25) is 9.59 Å². The van der Waals surface area contributed by atoms with Gasteiger partial charge in [0.05, 0.1) is 11.3 Å². The molecule has 0 bridgehead atoms. The number of nitrogens with zero attached hydrogens (tertiary/aromatic N) is 1. The number of anilines is 2. The number of carbonyl (C=O) groups excluding carboxylic acids is 2. The Kier molecular flexibility index (Phi) is 3.88. The van der Waals surface area contributed by atoms with E-state index in [1.807, 2.05) is 0 Å². The summed E-state index contributed by atoms with van der Waals surface area (Å²) in [5, 5.41) is 3.94. The van der Waals surface area contributed by atoms with E-state index in [0.717, 1.165) is 12.8 Å². The molecule has 1 aliphatic rings. The van der Waals surface area contributed by atoms with Crippen LogP contribution in [0.1, 0.15) is 46.7 Å². The molecule has 0 spiro atoms. The molecule has 0 atom stereocenters. The maximum absolute atomic E-state index is 12.1. The van der Waals surface area contributed by atoms with Crippen LogP contribution in [-0.2, 0) is 0 Å². The van der Waals surface area contributed by atoms with Crippen LogP contribution < -0.4 is 16.8 Å². The summed E-state index contributed by atoms with van der Waals surface area (Å²) in [6.07, 6.45) is 2.33. The van der Waals surface area contributed by atoms with E-state index in [1.165, 1.54) is 16.2 Å². The predicted molar refractivity (Wildman–Crippen MR) is 85.7 cm³/mol. The summed E-state index contributed by atoms with van der Waals surface area (Å²) < 4.78 is 0. The Balaban J connectivity index is 2.42. The topological polar surface area (TPSA) is 101 Å². The third-order valence-electron chi connectivity index (χ3n) is 3.83. The number of nitrogens with one attached hydrogen (secondary N) is 1. The second kappa shape index (κ2) is 5.22. The number of thiophene rings is 1. The Morgan fingerprint density at radius 1 is 1.33 bits per heavy atom. The van der Waals surface area contributed by atoms with Crippen LogP contribution in [0.3, 0.4) is 0 Å². The number of hydrogen-bond acceptors (Lipinski definition) is 5. The maximum Gasteiger partial charge on any atom is 0.265 e. The van der Waals surface area contributed by atoms with Gasteiger partial charge >= 0.3 is 0 Å². The molecule has 1 aromatic heterocycles. The first-order valence-corrected chi connectivity index (χ1v) is 7.68. The average Bonchev–Trinajstić information content (AvgIpc) is 3.14. The van der Waals surface area contributed by atoms with E-state index in [-0.39, 0.29) is 22.7 Å². The molecule has 0 unspecified atom stereocenters. The van der Waals surface area contributed by atoms with Crippen molar-refractivity contribution in [3.05, 3.63) is 10.4 Å². The van der Waals surface area contributed by atoms with Gasteiger partial charge in [-0.15, -0.1) is 11.3 Å². The van der Waals surface area contributed by atoms with E-state index < -0.39 is 5.91 Å². The molecule has 7 heteroatoms. The van der Waals surface area contributed by atoms with Gasteiger partial charge in [0.1, 0.15) is 9.88 Å². The molecule has 21 heavy (non-hydrogen) atoms. The lowest BCUT2D eigenvalue weighted by Crippen LogP contribution is -2.33. The summed E-state index contributed by atoms with van der Waals surface area (Å²) in [4.78, 5) is 25.6. The Morgan fingerprint density at radius 2 is 1.90 bits per heavy atom. The number of carbonyl (C=O) groups is 2. The fourth-order valence-corrected chi connectivity index (χ4v) is 3.65. The van der Waals surface area contributed by atoms with Crippen LogP contribution in [0.5, 0.6) is 0 Å². The zero-order valence-corrected chi connectivity index (χ0v) is 13.6. The summed E-state index contributed by atoms with van der Waals surface area (Å²) in [7, 11) is 3.29. The lowest BCUT2D eigenvalue weighted by Gasteiger charge is -2.27. The standard InChI is InChI=1S/C14H22N4O2S/c1-14(2,7-5-6-7)17-12-8(11(16)19)9(15)10(21-12)13(20)18(3)4/h7,17H,5-6,15H2,1-4H3,(H2,16,19). The second-order valence-corrected chi connectivity index (χ2v) is 7.25. The van der Waals surface area contributed by atoms with Gasteiger partial charge in [0.2, 0.25) is 0 Å². The number of hydrogen-bond donors (Lipinski definition) is 3. The fraction of sp³-hybridized carbons (Fsp3) is 0.571. The minimum atomic E-state index is -0.615. The zero-order valence-electron chi connectivity index (χ0n) is 12.8. The molecule has 1 heterocycles. The molecule has 0 radical (unpaired) electrons. The van der Waals surface area contributed by atoms with Crippen molar-refractivity contribution in [1.82, 2.24) is 4.90 Å². The average molecular weight is 310 g/mol. The lowest BCUT2D eigenvalue weighted by molar-refractivity contribution is 0.0833. The minimum Gasteiger partial charge on any atom is -0.397 e. The highest BCUT2D eigenvalue weighted by Gasteiger charge is 2.39. The van der Waals surface area contributed by atoms with Gasteiger partial charge in [0.15, 0.2) is 0 Å². The molecule has 2 rings (SSSR count). The third-order valence-corrected chi connectivity index (χ3v) is 4.93. The number of primary amides is 1. The quantitative estimate of drug-likeness (QED) is 0.771. The third kappa shape index (κ3) is 2.97. The minimum absolute atomic E-state index is 0.153. The van der Waals surface area contributed by atoms with E-state index >= 15 is 0 Å². The Bertz CT molecular complexity index is 588. The highest BCUT2D eigenvalue weighted by Crippen LogP contribution is 2.44. The lowest BCUT2D eigenvalue weighted by atomic mass is 9.99. The second-order valence-electron chi connectivity index (χ2n) is 6.23. The molecule has 2 amide bonds. The van der Waals surface area contributed by atoms with E-state index in [9.17, 15) is 9.59 Å². The Morgan fingerprint density at radius 3 is 2.33 bits per heavy atom. The summed E-state index contributed by atoms with van der Waals surface area (Å²) in [5.74, 6) is -0.275. The number of nitrogen functional groups attached to an aromatic ring is 1. The number of rotatable bonds is 5. The first-order valence-electron chi connectivity index (χ1n) is 6.87. The molecule has 0 aliphatic heterocycles. The molecule has 5 N–H and O–H groups in total. The van der Waals surface area contributed by atoms with E-state index in [4.69, 9.17) is 11.5 Å². The molecular formula is C14H22N4O2S. The number of nitrogens with two attached hydrogens (primary N) is 2. The van der Waals surface area contributed by atoms with Crippen LogP contribution in [0.4, 0.5) is 10.7 Å². The van der Waals surface area contributed by atoms with Crippen molar-refractivity contribution in [1.29, 1.82) is 0 Å². The highest BCUT2D eigenvalue weighted by atomic mass is 32.1. The summed E-state index contributed by atoms with van der Waals surface area (Å²) in [6, 6.07) is 0. The van der Waals surface area contributed by atoms with Crippen LogP contribution in [0.15, 0.2) is 0 Å². The largest absolute Gasteiger partial charge is 0.397 e. The molecule has 1 aromatic rings. The molecule has 0 aromatic carbocycles. The predicted octanol–water partition coefficient (Wildman–Crippen LogP) is 1.73. The van der Waals surface area contributed by atoms with Crippen LogP contribution in [0, 0.1) is 5.92 Å². The van der Waals surface area contributed by atoms with Crippen molar-refractivity contribution < 1.29 is 9.59 Å².